The minimum Gasteiger partial charge on any atom is -0.449 e. The smallest absolute Gasteiger partial charge is 0.449 e. The molecule has 1 aliphatic heterocycles. The van der Waals surface area contributed by atoms with Crippen molar-refractivity contribution in [2.24, 2.45) is 0 Å². The van der Waals surface area contributed by atoms with Crippen molar-refractivity contribution in [3.63, 3.8) is 0 Å². The van der Waals surface area contributed by atoms with E-state index < -0.39 is 42.9 Å². The van der Waals surface area contributed by atoms with Crippen LogP contribution in [0.5, 0.6) is 0 Å². The minimum absolute atomic E-state index is 0. The van der Waals surface area contributed by atoms with Gasteiger partial charge in [-0.25, -0.2) is 4.79 Å². The Kier molecular flexibility index (Phi) is 7.33. The summed E-state index contributed by atoms with van der Waals surface area (Å²) in [5.41, 5.74) is -1.89. The topological polar surface area (TPSA) is 38.8 Å². The zero-order valence-electron chi connectivity index (χ0n) is 13.7. The van der Waals surface area contributed by atoms with E-state index in [1.165, 1.54) is 0 Å². The third-order valence-corrected chi connectivity index (χ3v) is 3.03. The van der Waals surface area contributed by atoms with Crippen molar-refractivity contribution >= 4 is 13.1 Å². The van der Waals surface area contributed by atoms with Crippen molar-refractivity contribution < 1.29 is 78.6 Å². The Morgan fingerprint density at radius 3 is 2.19 bits per heavy atom. The summed E-state index contributed by atoms with van der Waals surface area (Å²) >= 11 is 0. The van der Waals surface area contributed by atoms with Gasteiger partial charge in [-0.15, -0.1) is 0 Å². The van der Waals surface area contributed by atoms with Crippen molar-refractivity contribution in [2.45, 2.75) is 71.3 Å². The molecule has 1 fully saturated rings. The molecule has 0 spiro atoms. The molecule has 21 heavy (non-hydrogen) atoms. The standard InChI is InChI=1S/C12H22BF3NO3.K/c1-8-9(7-13(14,15)16)17(12(5,6)19-8)10(18)20-11(2,3)4;/h8-9H,7H2,1-6H3;/q-1;+1/t8-,9-;/m1./s1. The van der Waals surface area contributed by atoms with Crippen LogP contribution < -0.4 is 51.4 Å². The number of halogens is 3. The molecule has 1 heterocycles. The molecule has 9 heteroatoms. The van der Waals surface area contributed by atoms with Crippen LogP contribution in [0.1, 0.15) is 41.5 Å². The van der Waals surface area contributed by atoms with Crippen LogP contribution in [-0.4, -0.2) is 41.4 Å². The van der Waals surface area contributed by atoms with Crippen LogP contribution >= 0.6 is 0 Å². The van der Waals surface area contributed by atoms with Crippen LogP contribution in [0.15, 0.2) is 0 Å². The molecule has 118 valence electrons. The fraction of sp³-hybridized carbons (Fsp3) is 0.917. The molecule has 0 radical (unpaired) electrons. The molecular weight excluding hydrogens is 313 g/mol. The SMILES string of the molecule is C[C@H]1OC(C)(C)N(C(=O)OC(C)(C)C)[C@@H]1C[B-](F)(F)F.[K+]. The average Bonchev–Trinajstić information content (AvgIpc) is 2.29. The van der Waals surface area contributed by atoms with Crippen LogP contribution in [0.4, 0.5) is 17.7 Å². The van der Waals surface area contributed by atoms with E-state index in [1.807, 2.05) is 0 Å². The molecule has 1 aliphatic rings. The molecule has 0 N–H and O–H groups in total. The minimum atomic E-state index is -5.02. The van der Waals surface area contributed by atoms with E-state index >= 15 is 0 Å². The number of hydrogen-bond acceptors (Lipinski definition) is 3. The molecule has 0 aromatic rings. The first-order valence-electron chi connectivity index (χ1n) is 6.64. The molecule has 1 amide bonds. The summed E-state index contributed by atoms with van der Waals surface area (Å²) in [6.45, 7) is 4.66. The van der Waals surface area contributed by atoms with Gasteiger partial charge in [0, 0.05) is 6.04 Å². The summed E-state index contributed by atoms with van der Waals surface area (Å²) in [6, 6.07) is -1.06. The maximum atomic E-state index is 12.7. The summed E-state index contributed by atoms with van der Waals surface area (Å²) in [5.74, 6) is 0. The van der Waals surface area contributed by atoms with Crippen LogP contribution in [-0.2, 0) is 9.47 Å². The average molecular weight is 335 g/mol. The number of hydrogen-bond donors (Lipinski definition) is 0. The van der Waals surface area contributed by atoms with Crippen LogP contribution in [0.2, 0.25) is 6.32 Å². The molecule has 0 aliphatic carbocycles. The van der Waals surface area contributed by atoms with Gasteiger partial charge in [-0.05, 0) is 41.5 Å². The zero-order valence-corrected chi connectivity index (χ0v) is 16.9. The van der Waals surface area contributed by atoms with Crippen molar-refractivity contribution in [3.8, 4) is 0 Å². The van der Waals surface area contributed by atoms with Gasteiger partial charge in [0.15, 0.2) is 0 Å². The van der Waals surface area contributed by atoms with Crippen molar-refractivity contribution in [2.75, 3.05) is 0 Å². The molecule has 1 saturated heterocycles. The van der Waals surface area contributed by atoms with Crippen LogP contribution in [0.3, 0.4) is 0 Å². The van der Waals surface area contributed by atoms with E-state index in [1.54, 1.807) is 41.5 Å². The van der Waals surface area contributed by atoms with Crippen LogP contribution in [0.25, 0.3) is 0 Å². The summed E-state index contributed by atoms with van der Waals surface area (Å²) in [6.07, 6.45) is -2.53. The monoisotopic (exact) mass is 335 g/mol. The van der Waals surface area contributed by atoms with E-state index in [0.29, 0.717) is 0 Å². The Bertz CT molecular complexity index is 385. The third-order valence-electron chi connectivity index (χ3n) is 3.03. The molecular formula is C12H22BF3KNO3. The van der Waals surface area contributed by atoms with Crippen molar-refractivity contribution in [1.29, 1.82) is 0 Å². The second kappa shape index (κ2) is 7.09. The number of rotatable bonds is 2. The first kappa shape index (κ1) is 21.7. The van der Waals surface area contributed by atoms with E-state index in [9.17, 15) is 17.7 Å². The van der Waals surface area contributed by atoms with Gasteiger partial charge in [-0.1, -0.05) is 6.32 Å². The van der Waals surface area contributed by atoms with Gasteiger partial charge in [0.2, 0.25) is 0 Å². The number of carbonyl (C=O) groups excluding carboxylic acids is 1. The second-order valence-electron chi connectivity index (χ2n) is 6.63. The van der Waals surface area contributed by atoms with Crippen molar-refractivity contribution in [1.82, 2.24) is 4.90 Å². The molecule has 0 aromatic heterocycles. The first-order valence-corrected chi connectivity index (χ1v) is 6.64. The Hall–Kier alpha value is 0.721. The Balaban J connectivity index is 0.00000400. The van der Waals surface area contributed by atoms with Gasteiger partial charge in [-0.2, -0.15) is 0 Å². The fourth-order valence-corrected chi connectivity index (χ4v) is 2.44. The first-order chi connectivity index (χ1) is 8.73. The number of carbonyl (C=O) groups is 1. The van der Waals surface area contributed by atoms with Gasteiger partial charge < -0.3 is 22.4 Å². The van der Waals surface area contributed by atoms with Gasteiger partial charge in [0.1, 0.15) is 11.3 Å². The van der Waals surface area contributed by atoms with Gasteiger partial charge in [0.05, 0.1) is 6.10 Å². The molecule has 1 rings (SSSR count). The van der Waals surface area contributed by atoms with Crippen LogP contribution in [0, 0.1) is 0 Å². The predicted molar refractivity (Wildman–Crippen MR) is 70.4 cm³/mol. The predicted octanol–water partition coefficient (Wildman–Crippen LogP) is 0.598. The summed E-state index contributed by atoms with van der Waals surface area (Å²) < 4.78 is 48.9. The summed E-state index contributed by atoms with van der Waals surface area (Å²) in [5, 5.41) is 0. The Morgan fingerprint density at radius 2 is 1.81 bits per heavy atom. The fourth-order valence-electron chi connectivity index (χ4n) is 2.44. The maximum Gasteiger partial charge on any atom is 1.00 e. The number of amides is 1. The van der Waals surface area contributed by atoms with E-state index in [2.05, 4.69) is 0 Å². The van der Waals surface area contributed by atoms with Crippen molar-refractivity contribution in [3.05, 3.63) is 0 Å². The number of nitrogens with zero attached hydrogens (tertiary/aromatic N) is 1. The number of ether oxygens (including phenoxy) is 2. The molecule has 0 unspecified atom stereocenters. The van der Waals surface area contributed by atoms with Gasteiger partial charge >= 0.3 is 64.5 Å². The Morgan fingerprint density at radius 1 is 1.33 bits per heavy atom. The summed E-state index contributed by atoms with van der Waals surface area (Å²) in [4.78, 5) is 13.2. The Labute approximate surface area is 166 Å². The molecule has 0 aromatic carbocycles. The van der Waals surface area contributed by atoms with Gasteiger partial charge in [0.25, 0.3) is 0 Å². The third kappa shape index (κ3) is 6.39. The van der Waals surface area contributed by atoms with Gasteiger partial charge in [-0.3, -0.25) is 4.90 Å². The quantitative estimate of drug-likeness (QED) is 0.694. The second-order valence-corrected chi connectivity index (χ2v) is 6.63. The normalized spacial score (nSPS) is 25.5. The maximum absolute atomic E-state index is 12.7. The molecule has 0 saturated carbocycles. The zero-order chi connectivity index (χ0) is 15.9. The van der Waals surface area contributed by atoms with E-state index in [0.717, 1.165) is 4.90 Å². The molecule has 2 atom stereocenters. The van der Waals surface area contributed by atoms with E-state index in [-0.39, 0.29) is 51.4 Å². The largest absolute Gasteiger partial charge is 1.00 e. The van der Waals surface area contributed by atoms with E-state index in [4.69, 9.17) is 9.47 Å². The summed E-state index contributed by atoms with van der Waals surface area (Å²) in [7, 11) is 0. The molecule has 4 nitrogen and oxygen atoms in total. The molecule has 0 bridgehead atoms.